The van der Waals surface area contributed by atoms with E-state index in [1.165, 1.54) is 24.3 Å². The highest BCUT2D eigenvalue weighted by atomic mass is 79.9. The summed E-state index contributed by atoms with van der Waals surface area (Å²) in [5.41, 5.74) is 3.08. The molecule has 2 amide bonds. The fourth-order valence-electron chi connectivity index (χ4n) is 3.93. The highest BCUT2D eigenvalue weighted by molar-refractivity contribution is 9.10. The van der Waals surface area contributed by atoms with Gasteiger partial charge in [-0.1, -0.05) is 46.3 Å². The number of nitro groups is 1. The van der Waals surface area contributed by atoms with Gasteiger partial charge in [-0.25, -0.2) is 0 Å². The topological polar surface area (TPSA) is 99.0 Å². The lowest BCUT2D eigenvalue weighted by atomic mass is 10.0. The first-order valence-corrected chi connectivity index (χ1v) is 13.7. The fraction of sp³-hybridized carbons (Fsp3) is 0.172. The summed E-state index contributed by atoms with van der Waals surface area (Å²) in [6, 6.07) is 17.3. The number of carbonyl (C=O) groups is 2. The SMILES string of the molecule is C=CCc1cc(/C=C2\SC(=O)N(Cc3ccc([N+](=O)[O-])cc3)C2=O)cc(OCC)c1OCc1ccc(Br)cc1. The van der Waals surface area contributed by atoms with E-state index < -0.39 is 16.1 Å². The third kappa shape index (κ3) is 6.96. The van der Waals surface area contributed by atoms with Gasteiger partial charge in [-0.15, -0.1) is 6.58 Å². The van der Waals surface area contributed by atoms with Gasteiger partial charge < -0.3 is 9.47 Å². The van der Waals surface area contributed by atoms with E-state index >= 15 is 0 Å². The van der Waals surface area contributed by atoms with Crippen LogP contribution in [-0.4, -0.2) is 27.6 Å². The first kappa shape index (κ1) is 28.1. The maximum Gasteiger partial charge on any atom is 0.293 e. The van der Waals surface area contributed by atoms with Gasteiger partial charge in [0.1, 0.15) is 6.61 Å². The number of rotatable bonds is 11. The van der Waals surface area contributed by atoms with E-state index in [9.17, 15) is 19.7 Å². The lowest BCUT2D eigenvalue weighted by Crippen LogP contribution is -2.27. The van der Waals surface area contributed by atoms with Crippen LogP contribution in [0.4, 0.5) is 10.5 Å². The van der Waals surface area contributed by atoms with Crippen molar-refractivity contribution in [3.8, 4) is 11.5 Å². The number of non-ortho nitro benzene ring substituents is 1. The molecule has 1 aliphatic rings. The standard InChI is InChI=1S/C29H25BrN2O6S/c1-3-5-22-14-21(15-25(37-4-2)27(22)38-18-20-6-10-23(30)11-7-20)16-26-28(33)31(29(34)39-26)17-19-8-12-24(13-9-19)32(35)36/h3,6-16H,1,4-5,17-18H2,2H3/b26-16-. The van der Waals surface area contributed by atoms with E-state index in [1.54, 1.807) is 18.2 Å². The van der Waals surface area contributed by atoms with Gasteiger partial charge >= 0.3 is 0 Å². The zero-order valence-corrected chi connectivity index (χ0v) is 23.5. The van der Waals surface area contributed by atoms with Crippen LogP contribution in [0.2, 0.25) is 0 Å². The van der Waals surface area contributed by atoms with Crippen molar-refractivity contribution in [2.45, 2.75) is 26.5 Å². The van der Waals surface area contributed by atoms with Crippen molar-refractivity contribution >= 4 is 50.6 Å². The molecule has 0 unspecified atom stereocenters. The predicted octanol–water partition coefficient (Wildman–Crippen LogP) is 7.30. The molecule has 4 rings (SSSR count). The molecule has 1 fully saturated rings. The number of benzene rings is 3. The van der Waals surface area contributed by atoms with E-state index in [1.807, 2.05) is 37.3 Å². The second-order valence-corrected chi connectivity index (χ2v) is 10.4. The highest BCUT2D eigenvalue weighted by Gasteiger charge is 2.35. The molecule has 10 heteroatoms. The Morgan fingerprint density at radius 1 is 1.05 bits per heavy atom. The molecule has 1 aliphatic heterocycles. The summed E-state index contributed by atoms with van der Waals surface area (Å²) in [5.74, 6) is 0.704. The third-order valence-corrected chi connectivity index (χ3v) is 7.21. The quantitative estimate of drug-likeness (QED) is 0.0974. The van der Waals surface area contributed by atoms with Gasteiger partial charge in [-0.3, -0.25) is 24.6 Å². The summed E-state index contributed by atoms with van der Waals surface area (Å²) in [6.07, 6.45) is 3.94. The van der Waals surface area contributed by atoms with Gasteiger partial charge in [0.15, 0.2) is 11.5 Å². The molecule has 3 aromatic carbocycles. The van der Waals surface area contributed by atoms with Crippen molar-refractivity contribution < 1.29 is 24.0 Å². The summed E-state index contributed by atoms with van der Waals surface area (Å²) >= 11 is 4.28. The molecule has 0 radical (unpaired) electrons. The van der Waals surface area contributed by atoms with Crippen molar-refractivity contribution in [2.75, 3.05) is 6.61 Å². The van der Waals surface area contributed by atoms with Crippen molar-refractivity contribution in [1.82, 2.24) is 4.90 Å². The lowest BCUT2D eigenvalue weighted by Gasteiger charge is -2.17. The number of nitrogens with zero attached hydrogens (tertiary/aromatic N) is 2. The van der Waals surface area contributed by atoms with Gasteiger partial charge in [-0.05, 0) is 72.1 Å². The van der Waals surface area contributed by atoms with Gasteiger partial charge in [0.2, 0.25) is 0 Å². The normalized spacial score (nSPS) is 14.1. The first-order valence-electron chi connectivity index (χ1n) is 12.1. The van der Waals surface area contributed by atoms with Crippen LogP contribution < -0.4 is 9.47 Å². The number of imide groups is 1. The van der Waals surface area contributed by atoms with Crippen LogP contribution in [0.25, 0.3) is 6.08 Å². The number of nitro benzene ring substituents is 1. The van der Waals surface area contributed by atoms with Crippen molar-refractivity contribution in [2.24, 2.45) is 0 Å². The second-order valence-electron chi connectivity index (χ2n) is 8.54. The summed E-state index contributed by atoms with van der Waals surface area (Å²) in [6.45, 7) is 6.52. The second kappa shape index (κ2) is 12.8. The molecule has 200 valence electrons. The van der Waals surface area contributed by atoms with E-state index in [0.29, 0.717) is 42.3 Å². The number of allylic oxidation sites excluding steroid dienone is 1. The molecule has 0 N–H and O–H groups in total. The number of amides is 2. The maximum atomic E-state index is 13.1. The molecule has 0 aromatic heterocycles. The van der Waals surface area contributed by atoms with Crippen LogP contribution in [0, 0.1) is 10.1 Å². The molecule has 0 aliphatic carbocycles. The summed E-state index contributed by atoms with van der Waals surface area (Å²) in [5, 5.41) is 10.5. The van der Waals surface area contributed by atoms with Crippen LogP contribution in [0.15, 0.2) is 82.7 Å². The highest BCUT2D eigenvalue weighted by Crippen LogP contribution is 2.38. The number of carbonyl (C=O) groups excluding carboxylic acids is 2. The Morgan fingerprint density at radius 3 is 2.38 bits per heavy atom. The summed E-state index contributed by atoms with van der Waals surface area (Å²) < 4.78 is 13.1. The first-order chi connectivity index (χ1) is 18.8. The van der Waals surface area contributed by atoms with Crippen LogP contribution in [0.5, 0.6) is 11.5 Å². The molecule has 8 nitrogen and oxygen atoms in total. The Labute approximate surface area is 238 Å². The lowest BCUT2D eigenvalue weighted by molar-refractivity contribution is -0.384. The molecule has 0 saturated carbocycles. The smallest absolute Gasteiger partial charge is 0.293 e. The molecule has 0 atom stereocenters. The Bertz CT molecular complexity index is 1440. The minimum absolute atomic E-state index is 0.0226. The molecule has 39 heavy (non-hydrogen) atoms. The molecule has 1 heterocycles. The van der Waals surface area contributed by atoms with Gasteiger partial charge in [-0.2, -0.15) is 0 Å². The van der Waals surface area contributed by atoms with E-state index in [4.69, 9.17) is 9.47 Å². The van der Waals surface area contributed by atoms with Crippen molar-refractivity contribution in [3.63, 3.8) is 0 Å². The maximum absolute atomic E-state index is 13.1. The largest absolute Gasteiger partial charge is 0.490 e. The zero-order valence-electron chi connectivity index (χ0n) is 21.1. The predicted molar refractivity (Wildman–Crippen MR) is 155 cm³/mol. The average Bonchev–Trinajstić information content (AvgIpc) is 3.17. The van der Waals surface area contributed by atoms with Gasteiger partial charge in [0.05, 0.1) is 23.0 Å². The summed E-state index contributed by atoms with van der Waals surface area (Å²) in [4.78, 5) is 37.6. The number of halogens is 1. The van der Waals surface area contributed by atoms with Crippen LogP contribution in [0.3, 0.4) is 0 Å². The van der Waals surface area contributed by atoms with E-state index in [0.717, 1.165) is 32.3 Å². The minimum Gasteiger partial charge on any atom is -0.490 e. The fourth-order valence-corrected chi connectivity index (χ4v) is 5.03. The Hall–Kier alpha value is -3.89. The van der Waals surface area contributed by atoms with E-state index in [2.05, 4.69) is 22.5 Å². The van der Waals surface area contributed by atoms with Crippen LogP contribution in [0.1, 0.15) is 29.2 Å². The van der Waals surface area contributed by atoms with Gasteiger partial charge in [0, 0.05) is 22.2 Å². The van der Waals surface area contributed by atoms with Crippen molar-refractivity contribution in [3.05, 3.63) is 115 Å². The molecular weight excluding hydrogens is 584 g/mol. The minimum atomic E-state index is -0.499. The molecular formula is C29H25BrN2O6S. The average molecular weight is 609 g/mol. The molecule has 0 spiro atoms. The van der Waals surface area contributed by atoms with Crippen LogP contribution in [-0.2, 0) is 24.4 Å². The third-order valence-electron chi connectivity index (χ3n) is 5.77. The number of ether oxygens (including phenoxy) is 2. The Morgan fingerprint density at radius 2 is 1.74 bits per heavy atom. The molecule has 3 aromatic rings. The Kier molecular flexibility index (Phi) is 9.21. The van der Waals surface area contributed by atoms with E-state index in [-0.39, 0.29) is 17.1 Å². The van der Waals surface area contributed by atoms with Crippen molar-refractivity contribution in [1.29, 1.82) is 0 Å². The summed E-state index contributed by atoms with van der Waals surface area (Å²) in [7, 11) is 0. The van der Waals surface area contributed by atoms with Gasteiger partial charge in [0.25, 0.3) is 16.8 Å². The monoisotopic (exact) mass is 608 g/mol. The van der Waals surface area contributed by atoms with Crippen LogP contribution >= 0.6 is 27.7 Å². The number of thioether (sulfide) groups is 1. The zero-order chi connectivity index (χ0) is 27.9. The number of hydrogen-bond donors (Lipinski definition) is 0. The molecule has 0 bridgehead atoms. The number of hydrogen-bond acceptors (Lipinski definition) is 7. The molecule has 1 saturated heterocycles. The Balaban J connectivity index is 1.58.